The maximum Gasteiger partial charge on any atom is 0.328 e. The van der Waals surface area contributed by atoms with Crippen LogP contribution in [0.2, 0.25) is 0 Å². The zero-order valence-corrected chi connectivity index (χ0v) is 10.7. The Labute approximate surface area is 112 Å². The summed E-state index contributed by atoms with van der Waals surface area (Å²) in [6.45, 7) is 0. The molecule has 0 spiro atoms. The molecule has 0 amide bonds. The number of benzene rings is 1. The first-order valence-electron chi connectivity index (χ1n) is 6.72. The summed E-state index contributed by atoms with van der Waals surface area (Å²) in [4.78, 5) is 14.1. The van der Waals surface area contributed by atoms with Crippen molar-refractivity contribution in [1.82, 2.24) is 4.98 Å². The van der Waals surface area contributed by atoms with Gasteiger partial charge < -0.3 is 10.1 Å². The summed E-state index contributed by atoms with van der Waals surface area (Å²) in [5.74, 6) is -0.434. The number of rotatable bonds is 3. The minimum absolute atomic E-state index is 0.385. The SMILES string of the molecule is O=C(O)/C=C1\CCCC1Cc1c[nH]c2ccccc12. The first-order valence-corrected chi connectivity index (χ1v) is 6.72. The summed E-state index contributed by atoms with van der Waals surface area (Å²) < 4.78 is 0. The number of carboxylic acids is 1. The fourth-order valence-electron chi connectivity index (χ4n) is 3.09. The van der Waals surface area contributed by atoms with Crippen molar-refractivity contribution in [2.75, 3.05) is 0 Å². The van der Waals surface area contributed by atoms with Gasteiger partial charge in [0.1, 0.15) is 0 Å². The van der Waals surface area contributed by atoms with E-state index in [4.69, 9.17) is 5.11 Å². The third-order valence-electron chi connectivity index (χ3n) is 3.99. The van der Waals surface area contributed by atoms with Gasteiger partial charge in [-0.05, 0) is 43.2 Å². The molecule has 3 nitrogen and oxygen atoms in total. The number of allylic oxidation sites excluding steroid dienone is 1. The molecule has 98 valence electrons. The normalized spacial score (nSPS) is 21.3. The van der Waals surface area contributed by atoms with Gasteiger partial charge in [-0.15, -0.1) is 0 Å². The topological polar surface area (TPSA) is 53.1 Å². The van der Waals surface area contributed by atoms with Gasteiger partial charge in [0.05, 0.1) is 0 Å². The van der Waals surface area contributed by atoms with Crippen LogP contribution in [-0.4, -0.2) is 16.1 Å². The lowest BCUT2D eigenvalue weighted by Crippen LogP contribution is -2.03. The molecule has 1 saturated carbocycles. The fraction of sp³-hybridized carbons (Fsp3) is 0.312. The van der Waals surface area contributed by atoms with Crippen LogP contribution in [0.25, 0.3) is 10.9 Å². The van der Waals surface area contributed by atoms with Gasteiger partial charge in [-0.25, -0.2) is 4.79 Å². The maximum absolute atomic E-state index is 10.8. The third kappa shape index (κ3) is 2.41. The number of hydrogen-bond acceptors (Lipinski definition) is 1. The monoisotopic (exact) mass is 255 g/mol. The van der Waals surface area contributed by atoms with Crippen LogP contribution in [0.3, 0.4) is 0 Å². The summed E-state index contributed by atoms with van der Waals surface area (Å²) in [5, 5.41) is 10.2. The van der Waals surface area contributed by atoms with Crippen molar-refractivity contribution in [3.8, 4) is 0 Å². The Morgan fingerprint density at radius 3 is 3.11 bits per heavy atom. The third-order valence-corrected chi connectivity index (χ3v) is 3.99. The van der Waals surface area contributed by atoms with Gasteiger partial charge in [0.15, 0.2) is 0 Å². The second-order valence-electron chi connectivity index (χ2n) is 5.21. The predicted molar refractivity (Wildman–Crippen MR) is 75.1 cm³/mol. The predicted octanol–water partition coefficient (Wildman–Crippen LogP) is 3.52. The molecule has 1 aliphatic rings. The Bertz CT molecular complexity index is 639. The number of nitrogens with one attached hydrogen (secondary N) is 1. The molecule has 0 saturated heterocycles. The number of carbonyl (C=O) groups is 1. The van der Waals surface area contributed by atoms with Crippen molar-refractivity contribution in [3.05, 3.63) is 47.7 Å². The van der Waals surface area contributed by atoms with E-state index in [0.29, 0.717) is 5.92 Å². The molecule has 2 N–H and O–H groups in total. The summed E-state index contributed by atoms with van der Waals surface area (Å²) in [6, 6.07) is 8.26. The molecule has 0 radical (unpaired) electrons. The average molecular weight is 255 g/mol. The van der Waals surface area contributed by atoms with Crippen LogP contribution in [0.15, 0.2) is 42.1 Å². The molecule has 1 heterocycles. The second-order valence-corrected chi connectivity index (χ2v) is 5.21. The van der Waals surface area contributed by atoms with Crippen LogP contribution in [0, 0.1) is 5.92 Å². The van der Waals surface area contributed by atoms with E-state index in [2.05, 4.69) is 23.3 Å². The lowest BCUT2D eigenvalue weighted by molar-refractivity contribution is -0.131. The van der Waals surface area contributed by atoms with E-state index < -0.39 is 5.97 Å². The first-order chi connectivity index (χ1) is 9.24. The van der Waals surface area contributed by atoms with E-state index in [1.165, 1.54) is 17.0 Å². The van der Waals surface area contributed by atoms with Gasteiger partial charge >= 0.3 is 5.97 Å². The smallest absolute Gasteiger partial charge is 0.328 e. The van der Waals surface area contributed by atoms with Crippen LogP contribution in [0.5, 0.6) is 0 Å². The Morgan fingerprint density at radius 1 is 1.42 bits per heavy atom. The molecule has 0 bridgehead atoms. The minimum Gasteiger partial charge on any atom is -0.478 e. The molecule has 1 unspecified atom stereocenters. The number of carboxylic acid groups (broad SMARTS) is 1. The molecule has 1 aromatic carbocycles. The largest absolute Gasteiger partial charge is 0.478 e. The summed E-state index contributed by atoms with van der Waals surface area (Å²) in [6.07, 6.45) is 7.53. The number of aromatic nitrogens is 1. The Kier molecular flexibility index (Phi) is 3.11. The molecular formula is C16H17NO2. The van der Waals surface area contributed by atoms with Crippen molar-refractivity contribution < 1.29 is 9.90 Å². The van der Waals surface area contributed by atoms with Gasteiger partial charge in [0.25, 0.3) is 0 Å². The van der Waals surface area contributed by atoms with Crippen molar-refractivity contribution in [3.63, 3.8) is 0 Å². The van der Waals surface area contributed by atoms with Crippen LogP contribution < -0.4 is 0 Å². The second kappa shape index (κ2) is 4.92. The van der Waals surface area contributed by atoms with Gasteiger partial charge in [-0.1, -0.05) is 23.8 Å². The molecule has 1 aliphatic carbocycles. The number of fused-ring (bicyclic) bond motifs is 1. The van der Waals surface area contributed by atoms with Crippen LogP contribution in [0.1, 0.15) is 24.8 Å². The van der Waals surface area contributed by atoms with Crippen LogP contribution >= 0.6 is 0 Å². The summed E-state index contributed by atoms with van der Waals surface area (Å²) in [5.41, 5.74) is 3.54. The highest BCUT2D eigenvalue weighted by atomic mass is 16.4. The Balaban J connectivity index is 1.87. The molecule has 3 heteroatoms. The van der Waals surface area contributed by atoms with Crippen molar-refractivity contribution in [1.29, 1.82) is 0 Å². The van der Waals surface area contributed by atoms with Gasteiger partial charge in [0, 0.05) is 23.2 Å². The number of para-hydroxylation sites is 1. The molecule has 0 aliphatic heterocycles. The maximum atomic E-state index is 10.8. The lowest BCUT2D eigenvalue weighted by atomic mass is 9.94. The van der Waals surface area contributed by atoms with E-state index in [-0.39, 0.29) is 0 Å². The summed E-state index contributed by atoms with van der Waals surface area (Å²) >= 11 is 0. The van der Waals surface area contributed by atoms with Gasteiger partial charge in [0.2, 0.25) is 0 Å². The number of aliphatic carboxylic acids is 1. The van der Waals surface area contributed by atoms with E-state index in [9.17, 15) is 4.79 Å². The number of hydrogen-bond donors (Lipinski definition) is 2. The fourth-order valence-corrected chi connectivity index (χ4v) is 3.09. The highest BCUT2D eigenvalue weighted by Crippen LogP contribution is 2.35. The van der Waals surface area contributed by atoms with E-state index in [0.717, 1.165) is 36.8 Å². The quantitative estimate of drug-likeness (QED) is 0.824. The standard InChI is InChI=1S/C16H17NO2/c18-16(19)9-12-5-3-4-11(12)8-13-10-17-15-7-2-1-6-14(13)15/h1-2,6-7,9-11,17H,3-5,8H2,(H,18,19)/b12-9+. The van der Waals surface area contributed by atoms with Crippen molar-refractivity contribution in [2.45, 2.75) is 25.7 Å². The Hall–Kier alpha value is -2.03. The number of aromatic amines is 1. The van der Waals surface area contributed by atoms with Gasteiger partial charge in [-0.3, -0.25) is 0 Å². The number of H-pyrrole nitrogens is 1. The highest BCUT2D eigenvalue weighted by molar-refractivity contribution is 5.83. The zero-order chi connectivity index (χ0) is 13.2. The van der Waals surface area contributed by atoms with Crippen LogP contribution in [-0.2, 0) is 11.2 Å². The average Bonchev–Trinajstić information content (AvgIpc) is 2.98. The molecule has 19 heavy (non-hydrogen) atoms. The van der Waals surface area contributed by atoms with Gasteiger partial charge in [-0.2, -0.15) is 0 Å². The molecule has 1 fully saturated rings. The molecule has 1 atom stereocenters. The highest BCUT2D eigenvalue weighted by Gasteiger charge is 2.22. The van der Waals surface area contributed by atoms with E-state index in [1.54, 1.807) is 0 Å². The first kappa shape index (κ1) is 12.0. The van der Waals surface area contributed by atoms with E-state index >= 15 is 0 Å². The Morgan fingerprint density at radius 2 is 2.26 bits per heavy atom. The summed E-state index contributed by atoms with van der Waals surface area (Å²) in [7, 11) is 0. The molecule has 3 rings (SSSR count). The van der Waals surface area contributed by atoms with Crippen molar-refractivity contribution in [2.24, 2.45) is 5.92 Å². The molecule has 1 aromatic heterocycles. The zero-order valence-electron chi connectivity index (χ0n) is 10.7. The van der Waals surface area contributed by atoms with E-state index in [1.807, 2.05) is 12.1 Å². The van der Waals surface area contributed by atoms with Crippen LogP contribution in [0.4, 0.5) is 0 Å². The minimum atomic E-state index is -0.819. The molecule has 2 aromatic rings. The lowest BCUT2D eigenvalue weighted by Gasteiger charge is -2.10. The van der Waals surface area contributed by atoms with Crippen molar-refractivity contribution >= 4 is 16.9 Å². The molecular weight excluding hydrogens is 238 g/mol.